The molecule has 0 bridgehead atoms. The molecule has 62 heavy (non-hydrogen) atoms. The van der Waals surface area contributed by atoms with Crippen molar-refractivity contribution >= 4 is 60.4 Å². The van der Waals surface area contributed by atoms with Gasteiger partial charge in [-0.3, -0.25) is 0 Å². The molecule has 1 aliphatic carbocycles. The molecule has 1 aliphatic rings. The highest BCUT2D eigenvalue weighted by Crippen LogP contribution is 2.56. The van der Waals surface area contributed by atoms with Crippen LogP contribution in [0.25, 0.3) is 87.0 Å². The number of fused-ring (bicyclic) bond motifs is 8. The summed E-state index contributed by atoms with van der Waals surface area (Å²) < 4.78 is 7.50. The molecule has 0 radical (unpaired) electrons. The van der Waals surface area contributed by atoms with Crippen LogP contribution in [0, 0.1) is 0 Å². The van der Waals surface area contributed by atoms with Crippen LogP contribution >= 0.6 is 11.3 Å². The Morgan fingerprint density at radius 3 is 1.47 bits per heavy atom. The normalized spacial score (nSPS) is 12.8. The molecule has 9 aromatic carbocycles. The van der Waals surface area contributed by atoms with Crippen LogP contribution in [0.15, 0.2) is 217 Å². The molecule has 3 heteroatoms. The number of anilines is 3. The second-order valence-corrected chi connectivity index (χ2v) is 18.0. The van der Waals surface area contributed by atoms with Crippen LogP contribution in [0.2, 0.25) is 0 Å². The van der Waals surface area contributed by atoms with Gasteiger partial charge in [-0.25, -0.2) is 0 Å². The fourth-order valence-electron chi connectivity index (χ4n) is 9.68. The van der Waals surface area contributed by atoms with Gasteiger partial charge in [-0.1, -0.05) is 159 Å². The van der Waals surface area contributed by atoms with Crippen molar-refractivity contribution in [3.63, 3.8) is 0 Å². The average molecular weight is 812 g/mol. The first-order valence-electron chi connectivity index (χ1n) is 21.3. The topological polar surface area (TPSA) is 16.4 Å². The molecule has 12 rings (SSSR count). The third-order valence-electron chi connectivity index (χ3n) is 12.9. The molecule has 0 saturated heterocycles. The summed E-state index contributed by atoms with van der Waals surface area (Å²) in [6, 6.07) is 77.1. The standard InChI is InChI=1S/C59H41NOS/c1-59(2)53-37-45(26-34-50(53)58-57(59)51-13-7-9-15-56(51)62-58)43-24-32-48(33-25-43)60(46-28-20-41(21-29-46)40-18-16-39(17-19-40)38-10-4-3-5-11-38)47-30-22-42(23-31-47)44-27-35-55-52(36-44)49-12-6-8-14-54(49)61-55/h3-37H,1-2H3. The van der Waals surface area contributed by atoms with Crippen molar-refractivity contribution in [2.75, 3.05) is 4.90 Å². The van der Waals surface area contributed by atoms with Gasteiger partial charge in [-0.05, 0) is 133 Å². The van der Waals surface area contributed by atoms with Crippen molar-refractivity contribution in [3.05, 3.63) is 223 Å². The number of furan rings is 1. The summed E-state index contributed by atoms with van der Waals surface area (Å²) >= 11 is 1.92. The molecule has 0 unspecified atom stereocenters. The fraction of sp³-hybridized carbons (Fsp3) is 0.0508. The van der Waals surface area contributed by atoms with Gasteiger partial charge < -0.3 is 9.32 Å². The van der Waals surface area contributed by atoms with E-state index in [0.29, 0.717) is 0 Å². The van der Waals surface area contributed by atoms with Gasteiger partial charge in [0.05, 0.1) is 0 Å². The minimum absolute atomic E-state index is 0.0721. The highest BCUT2D eigenvalue weighted by atomic mass is 32.1. The molecule has 11 aromatic rings. The van der Waals surface area contributed by atoms with Gasteiger partial charge in [0.25, 0.3) is 0 Å². The largest absolute Gasteiger partial charge is 0.456 e. The first-order valence-corrected chi connectivity index (χ1v) is 22.1. The van der Waals surface area contributed by atoms with E-state index in [2.05, 4.69) is 219 Å². The maximum absolute atomic E-state index is 6.13. The Kier molecular flexibility index (Phi) is 8.41. The number of para-hydroxylation sites is 1. The first kappa shape index (κ1) is 36.4. The second-order valence-electron chi connectivity index (χ2n) is 16.9. The van der Waals surface area contributed by atoms with Gasteiger partial charge in [0, 0.05) is 42.8 Å². The van der Waals surface area contributed by atoms with Gasteiger partial charge in [0.2, 0.25) is 0 Å². The number of hydrogen-bond donors (Lipinski definition) is 0. The van der Waals surface area contributed by atoms with Gasteiger partial charge in [0.15, 0.2) is 0 Å². The maximum atomic E-state index is 6.13. The molecule has 0 saturated carbocycles. The van der Waals surface area contributed by atoms with E-state index in [1.165, 1.54) is 65.0 Å². The Morgan fingerprint density at radius 1 is 0.387 bits per heavy atom. The van der Waals surface area contributed by atoms with Crippen molar-refractivity contribution in [2.45, 2.75) is 19.3 Å². The van der Waals surface area contributed by atoms with Crippen LogP contribution < -0.4 is 4.90 Å². The van der Waals surface area contributed by atoms with Crippen molar-refractivity contribution in [1.29, 1.82) is 0 Å². The van der Waals surface area contributed by atoms with Crippen LogP contribution in [0.5, 0.6) is 0 Å². The van der Waals surface area contributed by atoms with Gasteiger partial charge in [0.1, 0.15) is 11.2 Å². The van der Waals surface area contributed by atoms with Gasteiger partial charge >= 0.3 is 0 Å². The predicted molar refractivity (Wildman–Crippen MR) is 263 cm³/mol. The van der Waals surface area contributed by atoms with E-state index in [1.807, 2.05) is 23.5 Å². The Balaban J connectivity index is 0.892. The predicted octanol–water partition coefficient (Wildman–Crippen LogP) is 17.2. The van der Waals surface area contributed by atoms with Crippen molar-refractivity contribution < 1.29 is 4.42 Å². The zero-order valence-corrected chi connectivity index (χ0v) is 35.3. The Bertz CT molecular complexity index is 3450. The molecule has 0 amide bonds. The molecule has 2 nitrogen and oxygen atoms in total. The molecule has 2 aromatic heterocycles. The zero-order chi connectivity index (χ0) is 41.4. The lowest BCUT2D eigenvalue weighted by Crippen LogP contribution is -2.15. The lowest BCUT2D eigenvalue weighted by Gasteiger charge is -2.26. The quantitative estimate of drug-likeness (QED) is 0.159. The van der Waals surface area contributed by atoms with Crippen LogP contribution in [-0.2, 0) is 5.41 Å². The summed E-state index contributed by atoms with van der Waals surface area (Å²) in [6.07, 6.45) is 0. The SMILES string of the molecule is CC1(C)c2cc(-c3ccc(N(c4ccc(-c5ccc(-c6ccccc6)cc5)cc4)c4ccc(-c5ccc6oc7ccccc7c6c5)cc4)cc3)ccc2-c2sc3ccccc3c21. The summed E-state index contributed by atoms with van der Waals surface area (Å²) in [5.74, 6) is 0. The number of rotatable bonds is 7. The van der Waals surface area contributed by atoms with Crippen LogP contribution in [0.4, 0.5) is 17.1 Å². The highest BCUT2D eigenvalue weighted by Gasteiger charge is 2.38. The van der Waals surface area contributed by atoms with Crippen molar-refractivity contribution in [2.24, 2.45) is 0 Å². The smallest absolute Gasteiger partial charge is 0.135 e. The Labute approximate surface area is 365 Å². The Morgan fingerprint density at radius 2 is 0.839 bits per heavy atom. The van der Waals surface area contributed by atoms with Crippen molar-refractivity contribution in [1.82, 2.24) is 0 Å². The fourth-order valence-corrected chi connectivity index (χ4v) is 11.1. The summed E-state index contributed by atoms with van der Waals surface area (Å²) in [4.78, 5) is 3.78. The molecule has 0 spiro atoms. The number of nitrogens with zero attached hydrogens (tertiary/aromatic N) is 1. The van der Waals surface area contributed by atoms with E-state index in [1.54, 1.807) is 0 Å². The van der Waals surface area contributed by atoms with Crippen LogP contribution in [-0.4, -0.2) is 0 Å². The minimum Gasteiger partial charge on any atom is -0.456 e. The highest BCUT2D eigenvalue weighted by molar-refractivity contribution is 7.22. The summed E-state index contributed by atoms with van der Waals surface area (Å²) in [5.41, 5.74) is 18.9. The Hall–Kier alpha value is -7.46. The van der Waals surface area contributed by atoms with E-state index in [9.17, 15) is 0 Å². The van der Waals surface area contributed by atoms with E-state index in [-0.39, 0.29) is 5.41 Å². The second kappa shape index (κ2) is 14.3. The van der Waals surface area contributed by atoms with Gasteiger partial charge in [-0.15, -0.1) is 11.3 Å². The van der Waals surface area contributed by atoms with E-state index >= 15 is 0 Å². The zero-order valence-electron chi connectivity index (χ0n) is 34.5. The number of hydrogen-bond acceptors (Lipinski definition) is 3. The third kappa shape index (κ3) is 6.00. The molecule has 0 aliphatic heterocycles. The average Bonchev–Trinajstić information content (AvgIpc) is 3.98. The number of thiophene rings is 1. The van der Waals surface area contributed by atoms with Crippen LogP contribution in [0.1, 0.15) is 25.0 Å². The monoisotopic (exact) mass is 811 g/mol. The summed E-state index contributed by atoms with van der Waals surface area (Å²) in [6.45, 7) is 4.77. The maximum Gasteiger partial charge on any atom is 0.135 e. The third-order valence-corrected chi connectivity index (χ3v) is 14.1. The van der Waals surface area contributed by atoms with E-state index in [4.69, 9.17) is 4.42 Å². The van der Waals surface area contributed by atoms with Crippen molar-refractivity contribution in [3.8, 4) is 54.9 Å². The van der Waals surface area contributed by atoms with E-state index < -0.39 is 0 Å². The molecule has 0 N–H and O–H groups in total. The minimum atomic E-state index is -0.0721. The first-order chi connectivity index (χ1) is 30.5. The molecular weight excluding hydrogens is 771 g/mol. The van der Waals surface area contributed by atoms with Crippen LogP contribution in [0.3, 0.4) is 0 Å². The number of benzene rings is 9. The molecule has 2 heterocycles. The lowest BCUT2D eigenvalue weighted by atomic mass is 9.80. The van der Waals surface area contributed by atoms with E-state index in [0.717, 1.165) is 50.1 Å². The molecule has 0 fully saturated rings. The molecule has 294 valence electrons. The molecular formula is C59H41NOS. The summed E-state index contributed by atoms with van der Waals surface area (Å²) in [5, 5.41) is 3.66. The summed E-state index contributed by atoms with van der Waals surface area (Å²) in [7, 11) is 0. The lowest BCUT2D eigenvalue weighted by molar-refractivity contribution is 0.667. The molecule has 0 atom stereocenters. The van der Waals surface area contributed by atoms with Gasteiger partial charge in [-0.2, -0.15) is 0 Å².